The number of alkyl halides is 2. The van der Waals surface area contributed by atoms with Crippen molar-refractivity contribution in [1.29, 1.82) is 0 Å². The molecule has 6 heteroatoms. The van der Waals surface area contributed by atoms with Gasteiger partial charge >= 0.3 is 6.61 Å². The van der Waals surface area contributed by atoms with E-state index >= 15 is 0 Å². The fourth-order valence-corrected chi connectivity index (χ4v) is 4.06. The number of benzene rings is 1. The van der Waals surface area contributed by atoms with E-state index in [0.29, 0.717) is 25.1 Å². The fourth-order valence-electron chi connectivity index (χ4n) is 4.06. The van der Waals surface area contributed by atoms with Crippen LogP contribution in [0, 0.1) is 5.92 Å². The lowest BCUT2D eigenvalue weighted by molar-refractivity contribution is -0.0509. The Morgan fingerprint density at radius 2 is 1.88 bits per heavy atom. The second-order valence-corrected chi connectivity index (χ2v) is 7.18. The average Bonchev–Trinajstić information content (AvgIpc) is 2.63. The van der Waals surface area contributed by atoms with Crippen molar-refractivity contribution in [1.82, 2.24) is 9.80 Å². The van der Waals surface area contributed by atoms with Gasteiger partial charge in [0.25, 0.3) is 0 Å². The van der Waals surface area contributed by atoms with Gasteiger partial charge in [-0.25, -0.2) is 0 Å². The maximum Gasteiger partial charge on any atom is 0.387 e. The number of hydrogen-bond acceptors (Lipinski definition) is 4. The van der Waals surface area contributed by atoms with E-state index in [-0.39, 0.29) is 5.75 Å². The quantitative estimate of drug-likeness (QED) is 0.852. The van der Waals surface area contributed by atoms with Crippen LogP contribution in [0.5, 0.6) is 5.75 Å². The molecule has 25 heavy (non-hydrogen) atoms. The van der Waals surface area contributed by atoms with E-state index in [1.807, 2.05) is 12.1 Å². The van der Waals surface area contributed by atoms with E-state index in [0.717, 1.165) is 51.0 Å². The van der Waals surface area contributed by atoms with Crippen molar-refractivity contribution in [2.24, 2.45) is 5.92 Å². The molecule has 1 atom stereocenters. The highest BCUT2D eigenvalue weighted by molar-refractivity contribution is 5.33. The molecule has 2 aliphatic heterocycles. The number of para-hydroxylation sites is 1. The van der Waals surface area contributed by atoms with E-state index in [2.05, 4.69) is 14.5 Å². The third-order valence-corrected chi connectivity index (χ3v) is 5.49. The molecule has 0 saturated carbocycles. The number of likely N-dealkylation sites (tertiary alicyclic amines) is 2. The van der Waals surface area contributed by atoms with E-state index < -0.39 is 6.61 Å². The minimum absolute atomic E-state index is 0.281. The topological polar surface area (TPSA) is 35.9 Å². The number of ether oxygens (including phenoxy) is 1. The number of aliphatic hydroxyl groups is 1. The van der Waals surface area contributed by atoms with Crippen LogP contribution in [-0.4, -0.2) is 60.3 Å². The average molecular weight is 354 g/mol. The SMILES string of the molecule is OCC1CCN(C2CCCN(Cc3ccccc3OC(F)F)C2)CC1. The van der Waals surface area contributed by atoms with Gasteiger partial charge in [-0.1, -0.05) is 18.2 Å². The summed E-state index contributed by atoms with van der Waals surface area (Å²) < 4.78 is 29.8. The second-order valence-electron chi connectivity index (χ2n) is 7.18. The highest BCUT2D eigenvalue weighted by atomic mass is 19.3. The highest BCUT2D eigenvalue weighted by Crippen LogP contribution is 2.26. The molecule has 1 aromatic rings. The zero-order chi connectivity index (χ0) is 17.6. The molecule has 4 nitrogen and oxygen atoms in total. The van der Waals surface area contributed by atoms with Crippen molar-refractivity contribution in [2.75, 3.05) is 32.8 Å². The molecular weight excluding hydrogens is 326 g/mol. The van der Waals surface area contributed by atoms with Crippen LogP contribution in [0.2, 0.25) is 0 Å². The molecule has 1 aromatic carbocycles. The zero-order valence-electron chi connectivity index (χ0n) is 14.6. The first-order valence-corrected chi connectivity index (χ1v) is 9.25. The molecule has 0 bridgehead atoms. The van der Waals surface area contributed by atoms with Gasteiger partial charge in [-0.3, -0.25) is 9.80 Å². The van der Waals surface area contributed by atoms with Gasteiger partial charge in [0.2, 0.25) is 0 Å². The highest BCUT2D eigenvalue weighted by Gasteiger charge is 2.28. The van der Waals surface area contributed by atoms with Gasteiger partial charge in [0, 0.05) is 31.3 Å². The van der Waals surface area contributed by atoms with E-state index in [1.54, 1.807) is 12.1 Å². The Hall–Kier alpha value is -1.24. The van der Waals surface area contributed by atoms with Crippen LogP contribution in [0.15, 0.2) is 24.3 Å². The fraction of sp³-hybridized carbons (Fsp3) is 0.684. The molecule has 140 valence electrons. The van der Waals surface area contributed by atoms with Gasteiger partial charge in [0.1, 0.15) is 5.75 Å². The van der Waals surface area contributed by atoms with Crippen molar-refractivity contribution in [2.45, 2.75) is 44.9 Å². The van der Waals surface area contributed by atoms with Crippen LogP contribution in [0.1, 0.15) is 31.2 Å². The number of aliphatic hydroxyl groups excluding tert-OH is 1. The first-order chi connectivity index (χ1) is 12.2. The third kappa shape index (κ3) is 5.12. The molecular formula is C19H28F2N2O2. The minimum Gasteiger partial charge on any atom is -0.434 e. The molecule has 0 aliphatic carbocycles. The van der Waals surface area contributed by atoms with Gasteiger partial charge in [-0.05, 0) is 57.3 Å². The van der Waals surface area contributed by atoms with Crippen LogP contribution in [0.4, 0.5) is 8.78 Å². The zero-order valence-corrected chi connectivity index (χ0v) is 14.6. The lowest BCUT2D eigenvalue weighted by atomic mass is 9.94. The Balaban J connectivity index is 1.57. The number of nitrogens with zero attached hydrogens (tertiary/aromatic N) is 2. The van der Waals surface area contributed by atoms with Crippen LogP contribution >= 0.6 is 0 Å². The molecule has 2 heterocycles. The summed E-state index contributed by atoms with van der Waals surface area (Å²) in [7, 11) is 0. The smallest absolute Gasteiger partial charge is 0.387 e. The second kappa shape index (κ2) is 8.92. The van der Waals surface area contributed by atoms with Gasteiger partial charge < -0.3 is 9.84 Å². The molecule has 0 radical (unpaired) electrons. The van der Waals surface area contributed by atoms with Crippen molar-refractivity contribution in [3.05, 3.63) is 29.8 Å². The number of piperidine rings is 2. The van der Waals surface area contributed by atoms with E-state index in [4.69, 9.17) is 0 Å². The summed E-state index contributed by atoms with van der Waals surface area (Å²) >= 11 is 0. The first kappa shape index (κ1) is 18.5. The molecule has 2 aliphatic rings. The van der Waals surface area contributed by atoms with Crippen molar-refractivity contribution in [3.63, 3.8) is 0 Å². The van der Waals surface area contributed by atoms with Gasteiger partial charge in [-0.2, -0.15) is 8.78 Å². The normalized spacial score (nSPS) is 23.9. The minimum atomic E-state index is -2.79. The van der Waals surface area contributed by atoms with Crippen LogP contribution < -0.4 is 4.74 Å². The Bertz CT molecular complexity index is 536. The first-order valence-electron chi connectivity index (χ1n) is 9.25. The summed E-state index contributed by atoms with van der Waals surface area (Å²) in [5.41, 5.74) is 0.822. The monoisotopic (exact) mass is 354 g/mol. The summed E-state index contributed by atoms with van der Waals surface area (Å²) in [6, 6.07) is 7.60. The van der Waals surface area contributed by atoms with E-state index in [1.165, 1.54) is 6.42 Å². The Labute approximate surface area is 148 Å². The molecule has 0 amide bonds. The molecule has 1 unspecified atom stereocenters. The molecule has 2 fully saturated rings. The Kier molecular flexibility index (Phi) is 6.62. The summed E-state index contributed by atoms with van der Waals surface area (Å²) in [6.45, 7) is 2.21. The van der Waals surface area contributed by atoms with E-state index in [9.17, 15) is 13.9 Å². The number of hydrogen-bond donors (Lipinski definition) is 1. The van der Waals surface area contributed by atoms with Gasteiger partial charge in [-0.15, -0.1) is 0 Å². The summed E-state index contributed by atoms with van der Waals surface area (Å²) in [5, 5.41) is 9.29. The molecule has 0 spiro atoms. The Morgan fingerprint density at radius 3 is 2.60 bits per heavy atom. The summed E-state index contributed by atoms with van der Waals surface area (Å²) in [5.74, 6) is 0.734. The van der Waals surface area contributed by atoms with Gasteiger partial charge in [0.05, 0.1) is 0 Å². The standard InChI is InChI=1S/C19H28F2N2O2/c20-19(21)25-18-6-2-1-4-16(18)12-22-9-3-5-17(13-22)23-10-7-15(14-24)8-11-23/h1-2,4,6,15,17,19,24H,3,5,7-14H2. The predicted octanol–water partition coefficient (Wildman–Crippen LogP) is 2.96. The molecule has 0 aromatic heterocycles. The maximum absolute atomic E-state index is 12.6. The summed E-state index contributed by atoms with van der Waals surface area (Å²) in [6.07, 6.45) is 4.45. The van der Waals surface area contributed by atoms with Crippen LogP contribution in [0.3, 0.4) is 0 Å². The summed E-state index contributed by atoms with van der Waals surface area (Å²) in [4.78, 5) is 4.89. The van der Waals surface area contributed by atoms with Crippen molar-refractivity contribution >= 4 is 0 Å². The largest absolute Gasteiger partial charge is 0.434 e. The van der Waals surface area contributed by atoms with Gasteiger partial charge in [0.15, 0.2) is 0 Å². The van der Waals surface area contributed by atoms with Crippen molar-refractivity contribution in [3.8, 4) is 5.75 Å². The molecule has 2 saturated heterocycles. The van der Waals surface area contributed by atoms with Crippen molar-refractivity contribution < 1.29 is 18.6 Å². The lowest BCUT2D eigenvalue weighted by Gasteiger charge is -2.42. The number of halogens is 2. The Morgan fingerprint density at radius 1 is 1.12 bits per heavy atom. The van der Waals surface area contributed by atoms with Crippen LogP contribution in [0.25, 0.3) is 0 Å². The molecule has 1 N–H and O–H groups in total. The van der Waals surface area contributed by atoms with Crippen LogP contribution in [-0.2, 0) is 6.54 Å². The molecule has 3 rings (SSSR count). The maximum atomic E-state index is 12.6. The third-order valence-electron chi connectivity index (χ3n) is 5.49. The lowest BCUT2D eigenvalue weighted by Crippen LogP contribution is -2.50. The number of rotatable bonds is 6. The predicted molar refractivity (Wildman–Crippen MR) is 92.8 cm³/mol.